The number of benzene rings is 2. The Morgan fingerprint density at radius 2 is 1.42 bits per heavy atom. The highest BCUT2D eigenvalue weighted by molar-refractivity contribution is 5.43. The molecule has 26 heavy (non-hydrogen) atoms. The summed E-state index contributed by atoms with van der Waals surface area (Å²) in [4.78, 5) is 0. The Morgan fingerprint density at radius 1 is 0.769 bits per heavy atom. The number of hydrogen-bond donors (Lipinski definition) is 0. The van der Waals surface area contributed by atoms with E-state index in [1.165, 1.54) is 11.6 Å². The lowest BCUT2D eigenvalue weighted by molar-refractivity contribution is -0.137. The molecule has 0 atom stereocenters. The summed E-state index contributed by atoms with van der Waals surface area (Å²) in [6, 6.07) is 11.4. The first-order valence-corrected chi connectivity index (χ1v) is 8.72. The van der Waals surface area contributed by atoms with Crippen molar-refractivity contribution in [1.29, 1.82) is 0 Å². The maximum absolute atomic E-state index is 12.9. The van der Waals surface area contributed by atoms with Gasteiger partial charge in [0.25, 0.3) is 0 Å². The smallest absolute Gasteiger partial charge is 0.416 e. The van der Waals surface area contributed by atoms with Crippen molar-refractivity contribution >= 4 is 0 Å². The summed E-state index contributed by atoms with van der Waals surface area (Å²) in [6.45, 7) is 12.9. The molecule has 0 aliphatic rings. The van der Waals surface area contributed by atoms with E-state index in [4.69, 9.17) is 4.74 Å². The van der Waals surface area contributed by atoms with E-state index in [0.717, 1.165) is 17.7 Å². The Morgan fingerprint density at radius 3 is 1.96 bits per heavy atom. The molecule has 0 bridgehead atoms. The second-order valence-electron chi connectivity index (χ2n) is 8.70. The Hall–Kier alpha value is -1.97. The zero-order chi connectivity index (χ0) is 19.8. The monoisotopic (exact) mass is 364 g/mol. The summed E-state index contributed by atoms with van der Waals surface area (Å²) >= 11 is 0. The molecule has 0 saturated heterocycles. The van der Waals surface area contributed by atoms with Gasteiger partial charge in [-0.2, -0.15) is 13.2 Å². The zero-order valence-corrected chi connectivity index (χ0v) is 16.3. The summed E-state index contributed by atoms with van der Waals surface area (Å²) in [5.74, 6) is 0.711. The molecule has 2 rings (SSSR count). The molecule has 0 unspecified atom stereocenters. The van der Waals surface area contributed by atoms with Gasteiger partial charge < -0.3 is 4.74 Å². The van der Waals surface area contributed by atoms with Crippen molar-refractivity contribution in [3.63, 3.8) is 0 Å². The number of rotatable bonds is 3. The maximum Gasteiger partial charge on any atom is 0.416 e. The normalized spacial score (nSPS) is 13.0. The number of halogens is 3. The lowest BCUT2D eigenvalue weighted by atomic mass is 9.80. The van der Waals surface area contributed by atoms with Crippen LogP contribution in [0.15, 0.2) is 42.5 Å². The van der Waals surface area contributed by atoms with E-state index in [2.05, 4.69) is 47.6 Å². The third-order valence-electron chi connectivity index (χ3n) is 4.30. The van der Waals surface area contributed by atoms with Gasteiger partial charge in [0, 0.05) is 0 Å². The molecule has 2 aromatic rings. The molecule has 0 saturated carbocycles. The van der Waals surface area contributed by atoms with E-state index in [0.29, 0.717) is 11.3 Å². The fourth-order valence-corrected chi connectivity index (χ4v) is 2.71. The van der Waals surface area contributed by atoms with Crippen molar-refractivity contribution in [2.24, 2.45) is 0 Å². The van der Waals surface area contributed by atoms with Crippen molar-refractivity contribution in [3.8, 4) is 5.75 Å². The van der Waals surface area contributed by atoms with Gasteiger partial charge in [-0.15, -0.1) is 0 Å². The van der Waals surface area contributed by atoms with Crippen LogP contribution in [0.4, 0.5) is 13.2 Å². The summed E-state index contributed by atoms with van der Waals surface area (Å²) in [7, 11) is 0. The van der Waals surface area contributed by atoms with Crippen LogP contribution in [0.1, 0.15) is 63.8 Å². The van der Waals surface area contributed by atoms with Crippen molar-refractivity contribution in [1.82, 2.24) is 0 Å². The third kappa shape index (κ3) is 5.03. The van der Waals surface area contributed by atoms with Gasteiger partial charge >= 0.3 is 6.18 Å². The molecule has 0 aromatic heterocycles. The standard InChI is InChI=1S/C22H27F3O/c1-20(2,3)16-10-11-19(18(13-16)21(4,5)6)26-14-15-8-7-9-17(12-15)22(23,24)25/h7-13H,14H2,1-6H3. The Bertz CT molecular complexity index is 762. The highest BCUT2D eigenvalue weighted by Crippen LogP contribution is 2.36. The van der Waals surface area contributed by atoms with E-state index < -0.39 is 11.7 Å². The largest absolute Gasteiger partial charge is 0.489 e. The molecular weight excluding hydrogens is 337 g/mol. The molecule has 0 heterocycles. The van der Waals surface area contributed by atoms with Crippen molar-refractivity contribution in [2.75, 3.05) is 0 Å². The van der Waals surface area contributed by atoms with Crippen LogP contribution in [0, 0.1) is 0 Å². The highest BCUT2D eigenvalue weighted by Gasteiger charge is 2.30. The van der Waals surface area contributed by atoms with E-state index in [9.17, 15) is 13.2 Å². The van der Waals surface area contributed by atoms with Crippen LogP contribution in [-0.2, 0) is 23.6 Å². The van der Waals surface area contributed by atoms with Crippen molar-refractivity contribution in [2.45, 2.75) is 65.2 Å². The minimum atomic E-state index is -4.35. The van der Waals surface area contributed by atoms with Crippen LogP contribution in [0.2, 0.25) is 0 Å². The van der Waals surface area contributed by atoms with Crippen LogP contribution in [0.5, 0.6) is 5.75 Å². The predicted octanol–water partition coefficient (Wildman–Crippen LogP) is 6.88. The molecule has 0 aliphatic heterocycles. The molecule has 4 heteroatoms. The first-order chi connectivity index (χ1) is 11.8. The SMILES string of the molecule is CC(C)(C)c1ccc(OCc2cccc(C(F)(F)F)c2)c(C(C)(C)C)c1. The summed E-state index contributed by atoms with van der Waals surface area (Å²) in [6.07, 6.45) is -4.35. The van der Waals surface area contributed by atoms with E-state index >= 15 is 0 Å². The molecule has 0 fully saturated rings. The molecule has 2 aromatic carbocycles. The molecule has 0 spiro atoms. The quantitative estimate of drug-likeness (QED) is 0.577. The zero-order valence-electron chi connectivity index (χ0n) is 16.3. The van der Waals surface area contributed by atoms with Crippen molar-refractivity contribution in [3.05, 3.63) is 64.7 Å². The minimum absolute atomic E-state index is 0.0135. The predicted molar refractivity (Wildman–Crippen MR) is 99.6 cm³/mol. The molecule has 142 valence electrons. The number of alkyl halides is 3. The summed E-state index contributed by atoms with van der Waals surface area (Å²) in [5.41, 5.74) is 1.98. The summed E-state index contributed by atoms with van der Waals surface area (Å²) in [5, 5.41) is 0. The fourth-order valence-electron chi connectivity index (χ4n) is 2.71. The van der Waals surface area contributed by atoms with E-state index in [1.807, 2.05) is 12.1 Å². The van der Waals surface area contributed by atoms with Crippen LogP contribution >= 0.6 is 0 Å². The second-order valence-corrected chi connectivity index (χ2v) is 8.70. The highest BCUT2D eigenvalue weighted by atomic mass is 19.4. The van der Waals surface area contributed by atoms with Gasteiger partial charge in [-0.1, -0.05) is 65.8 Å². The van der Waals surface area contributed by atoms with E-state index in [-0.39, 0.29) is 17.4 Å². The molecule has 0 amide bonds. The van der Waals surface area contributed by atoms with Crippen LogP contribution in [0.3, 0.4) is 0 Å². The molecule has 0 N–H and O–H groups in total. The first kappa shape index (κ1) is 20.3. The maximum atomic E-state index is 12.9. The van der Waals surface area contributed by atoms with Crippen LogP contribution in [-0.4, -0.2) is 0 Å². The lowest BCUT2D eigenvalue weighted by Gasteiger charge is -2.27. The Labute approximate surface area is 154 Å². The van der Waals surface area contributed by atoms with Gasteiger partial charge in [-0.25, -0.2) is 0 Å². The third-order valence-corrected chi connectivity index (χ3v) is 4.30. The Kier molecular flexibility index (Phi) is 5.46. The minimum Gasteiger partial charge on any atom is -0.489 e. The number of ether oxygens (including phenoxy) is 1. The van der Waals surface area contributed by atoms with Gasteiger partial charge in [-0.05, 0) is 45.7 Å². The van der Waals surface area contributed by atoms with Gasteiger partial charge in [0.2, 0.25) is 0 Å². The van der Waals surface area contributed by atoms with Gasteiger partial charge in [0.1, 0.15) is 12.4 Å². The molecule has 0 radical (unpaired) electrons. The summed E-state index contributed by atoms with van der Waals surface area (Å²) < 4.78 is 44.5. The van der Waals surface area contributed by atoms with Gasteiger partial charge in [-0.3, -0.25) is 0 Å². The topological polar surface area (TPSA) is 9.23 Å². The fraction of sp³-hybridized carbons (Fsp3) is 0.455. The van der Waals surface area contributed by atoms with Crippen LogP contribution in [0.25, 0.3) is 0 Å². The lowest BCUT2D eigenvalue weighted by Crippen LogP contribution is -2.17. The molecular formula is C22H27F3O. The average Bonchev–Trinajstić information content (AvgIpc) is 2.50. The van der Waals surface area contributed by atoms with Gasteiger partial charge in [0.05, 0.1) is 5.56 Å². The van der Waals surface area contributed by atoms with Gasteiger partial charge in [0.15, 0.2) is 0 Å². The Balaban J connectivity index is 2.30. The van der Waals surface area contributed by atoms with E-state index in [1.54, 1.807) is 6.07 Å². The molecule has 1 nitrogen and oxygen atoms in total. The van der Waals surface area contributed by atoms with Crippen LogP contribution < -0.4 is 4.74 Å². The average molecular weight is 364 g/mol. The first-order valence-electron chi connectivity index (χ1n) is 8.72. The number of hydrogen-bond acceptors (Lipinski definition) is 1. The van der Waals surface area contributed by atoms with Crippen molar-refractivity contribution < 1.29 is 17.9 Å². The second kappa shape index (κ2) is 6.98. The molecule has 0 aliphatic carbocycles.